The van der Waals surface area contributed by atoms with Crippen LogP contribution in [-0.2, 0) is 11.2 Å². The van der Waals surface area contributed by atoms with Gasteiger partial charge in [-0.05, 0) is 23.9 Å². The standard InChI is InChI=1S/C15H18N4OS/c20-14(5-4-13-3-1-12-21-13)18-8-10-19(11-9-18)15-16-6-2-7-17-15/h1-3,6-7,12H,4-5,8-11H2. The molecule has 1 saturated heterocycles. The van der Waals surface area contributed by atoms with E-state index in [1.54, 1.807) is 23.7 Å². The van der Waals surface area contributed by atoms with Gasteiger partial charge in [-0.1, -0.05) is 6.07 Å². The van der Waals surface area contributed by atoms with Crippen LogP contribution in [0, 0.1) is 0 Å². The van der Waals surface area contributed by atoms with Crippen molar-refractivity contribution in [1.29, 1.82) is 0 Å². The Balaban J connectivity index is 1.48. The number of anilines is 1. The van der Waals surface area contributed by atoms with Gasteiger partial charge in [0, 0.05) is 49.9 Å². The van der Waals surface area contributed by atoms with Gasteiger partial charge in [-0.15, -0.1) is 11.3 Å². The molecule has 21 heavy (non-hydrogen) atoms. The third-order valence-electron chi connectivity index (χ3n) is 3.63. The van der Waals surface area contributed by atoms with Gasteiger partial charge < -0.3 is 9.80 Å². The molecule has 1 aliphatic rings. The number of hydrogen-bond donors (Lipinski definition) is 0. The minimum absolute atomic E-state index is 0.247. The second kappa shape index (κ2) is 6.67. The van der Waals surface area contributed by atoms with Crippen LogP contribution in [0.15, 0.2) is 36.0 Å². The minimum atomic E-state index is 0.247. The van der Waals surface area contributed by atoms with E-state index in [4.69, 9.17) is 0 Å². The van der Waals surface area contributed by atoms with Gasteiger partial charge in [-0.25, -0.2) is 9.97 Å². The molecule has 0 aliphatic carbocycles. The fraction of sp³-hybridized carbons (Fsp3) is 0.400. The van der Waals surface area contributed by atoms with Crippen LogP contribution in [0.1, 0.15) is 11.3 Å². The lowest BCUT2D eigenvalue weighted by Gasteiger charge is -2.34. The molecule has 3 heterocycles. The lowest BCUT2D eigenvalue weighted by atomic mass is 10.2. The van der Waals surface area contributed by atoms with Crippen molar-refractivity contribution in [2.75, 3.05) is 31.1 Å². The van der Waals surface area contributed by atoms with Gasteiger partial charge in [0.1, 0.15) is 0 Å². The van der Waals surface area contributed by atoms with Crippen molar-refractivity contribution >= 4 is 23.2 Å². The van der Waals surface area contributed by atoms with E-state index in [0.29, 0.717) is 6.42 Å². The average Bonchev–Trinajstić information content (AvgIpc) is 3.07. The van der Waals surface area contributed by atoms with Gasteiger partial charge >= 0.3 is 0 Å². The zero-order valence-electron chi connectivity index (χ0n) is 11.8. The van der Waals surface area contributed by atoms with E-state index in [1.807, 2.05) is 17.0 Å². The smallest absolute Gasteiger partial charge is 0.225 e. The maximum absolute atomic E-state index is 12.2. The first-order valence-electron chi connectivity index (χ1n) is 7.15. The summed E-state index contributed by atoms with van der Waals surface area (Å²) in [5.41, 5.74) is 0. The molecule has 0 N–H and O–H groups in total. The van der Waals surface area contributed by atoms with E-state index in [1.165, 1.54) is 4.88 Å². The van der Waals surface area contributed by atoms with Crippen LogP contribution in [-0.4, -0.2) is 47.0 Å². The summed E-state index contributed by atoms with van der Waals surface area (Å²) < 4.78 is 0. The molecule has 0 saturated carbocycles. The zero-order valence-corrected chi connectivity index (χ0v) is 12.6. The Kier molecular flexibility index (Phi) is 4.45. The topological polar surface area (TPSA) is 49.3 Å². The molecule has 0 bridgehead atoms. The van der Waals surface area contributed by atoms with Crippen LogP contribution in [0.5, 0.6) is 0 Å². The monoisotopic (exact) mass is 302 g/mol. The molecule has 0 radical (unpaired) electrons. The Morgan fingerprint density at radius 1 is 1.14 bits per heavy atom. The third kappa shape index (κ3) is 3.58. The Morgan fingerprint density at radius 2 is 1.90 bits per heavy atom. The number of hydrogen-bond acceptors (Lipinski definition) is 5. The van der Waals surface area contributed by atoms with Crippen molar-refractivity contribution < 1.29 is 4.79 Å². The number of carbonyl (C=O) groups excluding carboxylic acids is 1. The van der Waals surface area contributed by atoms with E-state index in [9.17, 15) is 4.79 Å². The molecule has 1 aliphatic heterocycles. The Labute approximate surface area is 128 Å². The summed E-state index contributed by atoms with van der Waals surface area (Å²) in [7, 11) is 0. The van der Waals surface area contributed by atoms with E-state index >= 15 is 0 Å². The summed E-state index contributed by atoms with van der Waals surface area (Å²) in [6.45, 7) is 3.10. The number of thiophene rings is 1. The molecule has 2 aromatic heterocycles. The maximum atomic E-state index is 12.2. The van der Waals surface area contributed by atoms with Gasteiger partial charge in [0.15, 0.2) is 0 Å². The van der Waals surface area contributed by atoms with Crippen molar-refractivity contribution in [2.45, 2.75) is 12.8 Å². The molecule has 1 fully saturated rings. The van der Waals surface area contributed by atoms with E-state index in [2.05, 4.69) is 26.3 Å². The van der Waals surface area contributed by atoms with Crippen LogP contribution in [0.3, 0.4) is 0 Å². The van der Waals surface area contributed by atoms with Crippen LogP contribution in [0.4, 0.5) is 5.95 Å². The highest BCUT2D eigenvalue weighted by atomic mass is 32.1. The second-order valence-electron chi connectivity index (χ2n) is 5.00. The highest BCUT2D eigenvalue weighted by Gasteiger charge is 2.22. The summed E-state index contributed by atoms with van der Waals surface area (Å²) in [4.78, 5) is 26.1. The van der Waals surface area contributed by atoms with E-state index in [0.717, 1.165) is 38.5 Å². The van der Waals surface area contributed by atoms with Crippen molar-refractivity contribution in [2.24, 2.45) is 0 Å². The second-order valence-corrected chi connectivity index (χ2v) is 6.03. The minimum Gasteiger partial charge on any atom is -0.339 e. The molecule has 110 valence electrons. The maximum Gasteiger partial charge on any atom is 0.225 e. The van der Waals surface area contributed by atoms with Gasteiger partial charge in [-0.2, -0.15) is 0 Å². The molecule has 0 spiro atoms. The molecule has 0 aromatic carbocycles. The fourth-order valence-electron chi connectivity index (χ4n) is 2.45. The molecular formula is C15H18N4OS. The molecule has 3 rings (SSSR count). The summed E-state index contributed by atoms with van der Waals surface area (Å²) in [6.07, 6.45) is 4.95. The molecule has 6 heteroatoms. The summed E-state index contributed by atoms with van der Waals surface area (Å²) in [6, 6.07) is 5.93. The molecular weight excluding hydrogens is 284 g/mol. The Hall–Kier alpha value is -1.95. The molecule has 0 unspecified atom stereocenters. The number of carbonyl (C=O) groups is 1. The van der Waals surface area contributed by atoms with Gasteiger partial charge in [-0.3, -0.25) is 4.79 Å². The number of aromatic nitrogens is 2. The van der Waals surface area contributed by atoms with Crippen LogP contribution in [0.2, 0.25) is 0 Å². The first-order chi connectivity index (χ1) is 10.3. The van der Waals surface area contributed by atoms with Crippen molar-refractivity contribution in [3.05, 3.63) is 40.8 Å². The molecule has 5 nitrogen and oxygen atoms in total. The fourth-order valence-corrected chi connectivity index (χ4v) is 3.16. The Morgan fingerprint density at radius 3 is 2.57 bits per heavy atom. The van der Waals surface area contributed by atoms with Crippen molar-refractivity contribution in [3.63, 3.8) is 0 Å². The largest absolute Gasteiger partial charge is 0.339 e. The lowest BCUT2D eigenvalue weighted by Crippen LogP contribution is -2.49. The van der Waals surface area contributed by atoms with E-state index < -0.39 is 0 Å². The highest BCUT2D eigenvalue weighted by molar-refractivity contribution is 7.09. The number of aryl methyl sites for hydroxylation is 1. The van der Waals surface area contributed by atoms with Crippen LogP contribution >= 0.6 is 11.3 Å². The molecule has 0 atom stereocenters. The van der Waals surface area contributed by atoms with Gasteiger partial charge in [0.25, 0.3) is 0 Å². The van der Waals surface area contributed by atoms with E-state index in [-0.39, 0.29) is 5.91 Å². The summed E-state index contributed by atoms with van der Waals surface area (Å²) in [5.74, 6) is 1.00. The average molecular weight is 302 g/mol. The quantitative estimate of drug-likeness (QED) is 0.864. The number of rotatable bonds is 4. The first-order valence-corrected chi connectivity index (χ1v) is 8.03. The first kappa shape index (κ1) is 14.0. The number of amides is 1. The van der Waals surface area contributed by atoms with Crippen molar-refractivity contribution in [3.8, 4) is 0 Å². The summed E-state index contributed by atoms with van der Waals surface area (Å²) >= 11 is 1.71. The normalized spacial score (nSPS) is 15.2. The number of nitrogens with zero attached hydrogens (tertiary/aromatic N) is 4. The molecule has 1 amide bonds. The highest BCUT2D eigenvalue weighted by Crippen LogP contribution is 2.14. The van der Waals surface area contributed by atoms with Gasteiger partial charge in [0.05, 0.1) is 0 Å². The predicted octanol–water partition coefficient (Wildman–Crippen LogP) is 1.82. The third-order valence-corrected chi connectivity index (χ3v) is 4.57. The Bertz CT molecular complexity index is 565. The number of piperazine rings is 1. The van der Waals surface area contributed by atoms with Gasteiger partial charge in [0.2, 0.25) is 11.9 Å². The predicted molar refractivity (Wildman–Crippen MR) is 83.5 cm³/mol. The SMILES string of the molecule is O=C(CCc1cccs1)N1CCN(c2ncccn2)CC1. The lowest BCUT2D eigenvalue weighted by molar-refractivity contribution is -0.131. The van der Waals surface area contributed by atoms with Crippen molar-refractivity contribution in [1.82, 2.24) is 14.9 Å². The van der Waals surface area contributed by atoms with Crippen LogP contribution in [0.25, 0.3) is 0 Å². The summed E-state index contributed by atoms with van der Waals surface area (Å²) in [5, 5.41) is 2.05. The molecule has 2 aromatic rings. The van der Waals surface area contributed by atoms with Crippen LogP contribution < -0.4 is 4.90 Å². The zero-order chi connectivity index (χ0) is 14.5.